The first kappa shape index (κ1) is 12.7. The zero-order chi connectivity index (χ0) is 10.3. The fourth-order valence-electron chi connectivity index (χ4n) is 1.61. The van der Waals surface area contributed by atoms with Gasteiger partial charge in [0.2, 0.25) is 0 Å². The maximum Gasteiger partial charge on any atom is 0.0139 e. The average molecular weight is 183 g/mol. The fourth-order valence-corrected chi connectivity index (χ4v) is 1.61. The molecular weight excluding hydrogens is 158 g/mol. The molecule has 1 unspecified atom stereocenters. The molecule has 0 saturated carbocycles. The molecular formula is C12H25N. The lowest BCUT2D eigenvalue weighted by Gasteiger charge is -2.21. The summed E-state index contributed by atoms with van der Waals surface area (Å²) in [6, 6.07) is 0.644. The van der Waals surface area contributed by atoms with Crippen LogP contribution < -0.4 is 5.32 Å². The van der Waals surface area contributed by atoms with Gasteiger partial charge in [-0.05, 0) is 26.7 Å². The Labute approximate surface area is 83.6 Å². The van der Waals surface area contributed by atoms with Crippen LogP contribution in [-0.2, 0) is 0 Å². The number of nitrogens with one attached hydrogen (secondary N) is 1. The Morgan fingerprint density at radius 2 is 1.77 bits per heavy atom. The molecule has 0 aliphatic carbocycles. The van der Waals surface area contributed by atoms with Crippen molar-refractivity contribution in [2.45, 2.75) is 53.5 Å². The van der Waals surface area contributed by atoms with E-state index in [-0.39, 0.29) is 0 Å². The van der Waals surface area contributed by atoms with Gasteiger partial charge in [-0.25, -0.2) is 0 Å². The number of hydrogen-bond donors (Lipinski definition) is 1. The molecule has 13 heavy (non-hydrogen) atoms. The molecule has 1 nitrogen and oxygen atoms in total. The van der Waals surface area contributed by atoms with E-state index in [2.05, 4.69) is 46.0 Å². The summed E-state index contributed by atoms with van der Waals surface area (Å²) in [5, 5.41) is 3.54. The second-order valence-corrected chi connectivity index (χ2v) is 4.05. The Hall–Kier alpha value is -0.300. The molecule has 0 rings (SSSR count). The van der Waals surface area contributed by atoms with Crippen molar-refractivity contribution in [1.82, 2.24) is 5.32 Å². The van der Waals surface area contributed by atoms with Crippen molar-refractivity contribution in [3.8, 4) is 0 Å². The lowest BCUT2D eigenvalue weighted by molar-refractivity contribution is 0.364. The third kappa shape index (κ3) is 5.87. The van der Waals surface area contributed by atoms with Crippen molar-refractivity contribution in [2.24, 2.45) is 5.92 Å². The number of hydrogen-bond acceptors (Lipinski definition) is 1. The predicted octanol–water partition coefficient (Wildman–Crippen LogP) is 3.37. The van der Waals surface area contributed by atoms with Crippen molar-refractivity contribution in [2.75, 3.05) is 6.54 Å². The highest BCUT2D eigenvalue weighted by atomic mass is 14.9. The molecule has 0 amide bonds. The van der Waals surface area contributed by atoms with E-state index in [4.69, 9.17) is 0 Å². The van der Waals surface area contributed by atoms with Gasteiger partial charge in [0, 0.05) is 12.6 Å². The van der Waals surface area contributed by atoms with E-state index in [0.717, 1.165) is 12.5 Å². The molecule has 0 aromatic heterocycles. The molecule has 0 radical (unpaired) electrons. The van der Waals surface area contributed by atoms with Crippen LogP contribution in [0.2, 0.25) is 0 Å². The second-order valence-electron chi connectivity index (χ2n) is 4.05. The van der Waals surface area contributed by atoms with Gasteiger partial charge in [0.05, 0.1) is 0 Å². The van der Waals surface area contributed by atoms with Crippen molar-refractivity contribution >= 4 is 0 Å². The van der Waals surface area contributed by atoms with Crippen LogP contribution in [0.3, 0.4) is 0 Å². The van der Waals surface area contributed by atoms with Crippen LogP contribution in [0.4, 0.5) is 0 Å². The molecule has 0 aromatic carbocycles. The zero-order valence-corrected chi connectivity index (χ0v) is 9.85. The Kier molecular flexibility index (Phi) is 6.97. The van der Waals surface area contributed by atoms with Crippen LogP contribution in [0.25, 0.3) is 0 Å². The second kappa shape index (κ2) is 7.14. The molecule has 1 N–H and O–H groups in total. The van der Waals surface area contributed by atoms with E-state index in [0.29, 0.717) is 6.04 Å². The average Bonchev–Trinajstić information content (AvgIpc) is 2.05. The molecule has 0 aromatic rings. The van der Waals surface area contributed by atoms with Gasteiger partial charge >= 0.3 is 0 Å². The van der Waals surface area contributed by atoms with Crippen LogP contribution in [0, 0.1) is 5.92 Å². The summed E-state index contributed by atoms with van der Waals surface area (Å²) in [5.41, 5.74) is 1.39. The van der Waals surface area contributed by atoms with Gasteiger partial charge in [-0.3, -0.25) is 0 Å². The third-order valence-corrected chi connectivity index (χ3v) is 2.71. The van der Waals surface area contributed by atoms with Crippen LogP contribution in [-0.4, -0.2) is 12.6 Å². The Balaban J connectivity index is 3.72. The van der Waals surface area contributed by atoms with E-state index >= 15 is 0 Å². The van der Waals surface area contributed by atoms with E-state index in [9.17, 15) is 0 Å². The monoisotopic (exact) mass is 183 g/mol. The number of allylic oxidation sites excluding steroid dienone is 1. The lowest BCUT2D eigenvalue weighted by atomic mass is 9.95. The fraction of sp³-hybridized carbons (Fsp3) is 0.833. The van der Waals surface area contributed by atoms with Crippen LogP contribution in [0.15, 0.2) is 11.6 Å². The quantitative estimate of drug-likeness (QED) is 0.623. The minimum atomic E-state index is 0.644. The van der Waals surface area contributed by atoms with Crippen LogP contribution >= 0.6 is 0 Å². The van der Waals surface area contributed by atoms with Crippen molar-refractivity contribution in [3.63, 3.8) is 0 Å². The SMILES string of the molecule is CCC(CC)C(C)NCC=C(C)C. The molecule has 78 valence electrons. The van der Waals surface area contributed by atoms with Gasteiger partial charge in [0.15, 0.2) is 0 Å². The minimum absolute atomic E-state index is 0.644. The van der Waals surface area contributed by atoms with Gasteiger partial charge in [-0.2, -0.15) is 0 Å². The van der Waals surface area contributed by atoms with Crippen molar-refractivity contribution < 1.29 is 0 Å². The Morgan fingerprint density at radius 1 is 1.23 bits per heavy atom. The normalized spacial score (nSPS) is 13.1. The molecule has 0 aliphatic rings. The van der Waals surface area contributed by atoms with Crippen molar-refractivity contribution in [1.29, 1.82) is 0 Å². The molecule has 0 bridgehead atoms. The molecule has 0 saturated heterocycles. The maximum absolute atomic E-state index is 3.54. The molecule has 0 spiro atoms. The van der Waals surface area contributed by atoms with E-state index in [1.54, 1.807) is 0 Å². The maximum atomic E-state index is 3.54. The third-order valence-electron chi connectivity index (χ3n) is 2.71. The minimum Gasteiger partial charge on any atom is -0.311 e. The van der Waals surface area contributed by atoms with Gasteiger partial charge in [-0.1, -0.05) is 38.3 Å². The highest BCUT2D eigenvalue weighted by Crippen LogP contribution is 2.12. The highest BCUT2D eigenvalue weighted by Gasteiger charge is 2.11. The van der Waals surface area contributed by atoms with Crippen LogP contribution in [0.1, 0.15) is 47.5 Å². The summed E-state index contributed by atoms with van der Waals surface area (Å²) in [5.74, 6) is 0.825. The first-order valence-electron chi connectivity index (χ1n) is 5.48. The van der Waals surface area contributed by atoms with Gasteiger partial charge < -0.3 is 5.32 Å². The molecule has 1 atom stereocenters. The number of rotatable bonds is 6. The molecule has 0 fully saturated rings. The topological polar surface area (TPSA) is 12.0 Å². The van der Waals surface area contributed by atoms with Gasteiger partial charge in [-0.15, -0.1) is 0 Å². The Bertz CT molecular complexity index is 141. The first-order chi connectivity index (χ1) is 6.11. The predicted molar refractivity (Wildman–Crippen MR) is 61.0 cm³/mol. The molecule has 1 heteroatoms. The summed E-state index contributed by atoms with van der Waals surface area (Å²) >= 11 is 0. The summed E-state index contributed by atoms with van der Waals surface area (Å²) in [4.78, 5) is 0. The smallest absolute Gasteiger partial charge is 0.0139 e. The summed E-state index contributed by atoms with van der Waals surface area (Å²) < 4.78 is 0. The highest BCUT2D eigenvalue weighted by molar-refractivity contribution is 4.94. The van der Waals surface area contributed by atoms with Gasteiger partial charge in [0.1, 0.15) is 0 Å². The summed E-state index contributed by atoms with van der Waals surface area (Å²) in [6.45, 7) is 12.1. The van der Waals surface area contributed by atoms with E-state index in [1.165, 1.54) is 18.4 Å². The van der Waals surface area contributed by atoms with E-state index < -0.39 is 0 Å². The lowest BCUT2D eigenvalue weighted by Crippen LogP contribution is -2.33. The van der Waals surface area contributed by atoms with Gasteiger partial charge in [0.25, 0.3) is 0 Å². The standard InChI is InChI=1S/C12H25N/c1-6-12(7-2)11(5)13-9-8-10(3)4/h8,11-13H,6-7,9H2,1-5H3. The first-order valence-corrected chi connectivity index (χ1v) is 5.48. The Morgan fingerprint density at radius 3 is 2.15 bits per heavy atom. The summed E-state index contributed by atoms with van der Waals surface area (Å²) in [6.07, 6.45) is 4.80. The van der Waals surface area contributed by atoms with Crippen LogP contribution in [0.5, 0.6) is 0 Å². The zero-order valence-electron chi connectivity index (χ0n) is 9.85. The van der Waals surface area contributed by atoms with Crippen molar-refractivity contribution in [3.05, 3.63) is 11.6 Å². The largest absolute Gasteiger partial charge is 0.311 e. The molecule has 0 aliphatic heterocycles. The van der Waals surface area contributed by atoms with E-state index in [1.807, 2.05) is 0 Å². The molecule has 0 heterocycles. The summed E-state index contributed by atoms with van der Waals surface area (Å²) in [7, 11) is 0.